The zero-order valence-corrected chi connectivity index (χ0v) is 23.0. The zero-order valence-electron chi connectivity index (χ0n) is 20.2. The van der Waals surface area contributed by atoms with Crippen molar-refractivity contribution < 1.29 is 13.6 Å². The van der Waals surface area contributed by atoms with E-state index in [0.29, 0.717) is 6.61 Å². The normalized spacial score (nSPS) is 24.1. The van der Waals surface area contributed by atoms with Crippen molar-refractivity contribution in [2.24, 2.45) is 0 Å². The van der Waals surface area contributed by atoms with Gasteiger partial charge in [-0.3, -0.25) is 0 Å². The van der Waals surface area contributed by atoms with Crippen LogP contribution in [0.3, 0.4) is 0 Å². The first-order valence-corrected chi connectivity index (χ1v) is 17.5. The second-order valence-corrected chi connectivity index (χ2v) is 22.1. The molecular formula is C23H42O3SSi2. The van der Waals surface area contributed by atoms with Gasteiger partial charge in [0.15, 0.2) is 16.6 Å². The molecule has 0 spiro atoms. The Kier molecular flexibility index (Phi) is 7.95. The van der Waals surface area contributed by atoms with Gasteiger partial charge in [0, 0.05) is 11.3 Å². The fraction of sp³-hybridized carbons (Fsp3) is 0.739. The first-order chi connectivity index (χ1) is 13.1. The van der Waals surface area contributed by atoms with E-state index >= 15 is 0 Å². The minimum atomic E-state index is -1.88. The van der Waals surface area contributed by atoms with E-state index in [2.05, 4.69) is 98.1 Å². The number of hydrogen-bond acceptors (Lipinski definition) is 4. The highest BCUT2D eigenvalue weighted by atomic mass is 32.2. The molecule has 29 heavy (non-hydrogen) atoms. The van der Waals surface area contributed by atoms with E-state index in [-0.39, 0.29) is 27.7 Å². The molecule has 166 valence electrons. The molecular weight excluding hydrogens is 412 g/mol. The van der Waals surface area contributed by atoms with Crippen molar-refractivity contribution in [2.45, 2.75) is 107 Å². The van der Waals surface area contributed by atoms with Crippen molar-refractivity contribution in [3.63, 3.8) is 0 Å². The van der Waals surface area contributed by atoms with Gasteiger partial charge >= 0.3 is 0 Å². The summed E-state index contributed by atoms with van der Waals surface area (Å²) in [7, 11) is -3.70. The number of benzene rings is 1. The Morgan fingerprint density at radius 3 is 2.00 bits per heavy atom. The number of ether oxygens (including phenoxy) is 1. The van der Waals surface area contributed by atoms with E-state index < -0.39 is 16.6 Å². The van der Waals surface area contributed by atoms with Gasteiger partial charge in [0.25, 0.3) is 0 Å². The third kappa shape index (κ3) is 6.68. The molecule has 1 fully saturated rings. The van der Waals surface area contributed by atoms with Gasteiger partial charge in [-0.05, 0) is 48.4 Å². The predicted octanol–water partition coefficient (Wildman–Crippen LogP) is 7.31. The largest absolute Gasteiger partial charge is 0.414 e. The minimum absolute atomic E-state index is 0.000498. The van der Waals surface area contributed by atoms with Gasteiger partial charge in [0.1, 0.15) is 11.5 Å². The van der Waals surface area contributed by atoms with E-state index in [9.17, 15) is 0 Å². The lowest BCUT2D eigenvalue weighted by Crippen LogP contribution is -2.48. The second kappa shape index (κ2) is 9.17. The van der Waals surface area contributed by atoms with Crippen LogP contribution in [0.5, 0.6) is 0 Å². The van der Waals surface area contributed by atoms with E-state index in [1.807, 2.05) is 0 Å². The van der Waals surface area contributed by atoms with Crippen LogP contribution in [0, 0.1) is 0 Å². The highest BCUT2D eigenvalue weighted by Gasteiger charge is 2.46. The molecule has 1 unspecified atom stereocenters. The third-order valence-corrected chi connectivity index (χ3v) is 17.0. The number of rotatable bonds is 7. The van der Waals surface area contributed by atoms with Crippen LogP contribution < -0.4 is 0 Å². The average Bonchev–Trinajstić information content (AvgIpc) is 2.92. The number of hydrogen-bond donors (Lipinski definition) is 0. The molecule has 0 N–H and O–H groups in total. The monoisotopic (exact) mass is 454 g/mol. The first kappa shape index (κ1) is 25.1. The average molecular weight is 455 g/mol. The number of thioether (sulfide) groups is 1. The molecule has 3 nitrogen and oxygen atoms in total. The summed E-state index contributed by atoms with van der Waals surface area (Å²) >= 11 is 1.80. The Balaban J connectivity index is 2.13. The Morgan fingerprint density at radius 2 is 1.48 bits per heavy atom. The van der Waals surface area contributed by atoms with Crippen molar-refractivity contribution in [1.29, 1.82) is 0 Å². The van der Waals surface area contributed by atoms with Crippen LogP contribution in [0.15, 0.2) is 35.2 Å². The fourth-order valence-electron chi connectivity index (χ4n) is 2.74. The summed E-state index contributed by atoms with van der Waals surface area (Å²) in [6.07, 6.45) is 1.01. The highest BCUT2D eigenvalue weighted by Crippen LogP contribution is 2.43. The van der Waals surface area contributed by atoms with Crippen LogP contribution in [0.1, 0.15) is 48.0 Å². The maximum atomic E-state index is 6.83. The fourth-order valence-corrected chi connectivity index (χ4v) is 6.21. The summed E-state index contributed by atoms with van der Waals surface area (Å²) in [5.41, 5.74) is 0.111. The van der Waals surface area contributed by atoms with Gasteiger partial charge in [0.2, 0.25) is 0 Å². The maximum Gasteiger partial charge on any atom is 0.192 e. The van der Waals surface area contributed by atoms with Gasteiger partial charge in [-0.15, -0.1) is 0 Å². The zero-order chi connectivity index (χ0) is 22.1. The Morgan fingerprint density at radius 1 is 0.931 bits per heavy atom. The van der Waals surface area contributed by atoms with Crippen molar-refractivity contribution in [1.82, 2.24) is 0 Å². The smallest absolute Gasteiger partial charge is 0.192 e. The summed E-state index contributed by atoms with van der Waals surface area (Å²) in [6.45, 7) is 23.6. The van der Waals surface area contributed by atoms with E-state index in [1.54, 1.807) is 11.8 Å². The third-order valence-electron chi connectivity index (χ3n) is 6.84. The maximum absolute atomic E-state index is 6.83. The summed E-state index contributed by atoms with van der Waals surface area (Å²) in [6, 6.07) is 10.5. The summed E-state index contributed by atoms with van der Waals surface area (Å²) < 4.78 is 19.9. The van der Waals surface area contributed by atoms with Crippen LogP contribution in [0.2, 0.25) is 36.3 Å². The molecule has 1 aromatic rings. The van der Waals surface area contributed by atoms with Crippen LogP contribution >= 0.6 is 11.8 Å². The molecule has 0 amide bonds. The van der Waals surface area contributed by atoms with Crippen molar-refractivity contribution >= 4 is 28.4 Å². The SMILES string of the molecule is CC(C)(C)[Si](C)(C)OC[C@H]1OC(Sc2ccccc2)C[C@@H]1O[Si](C)(C)C(C)(C)C. The Hall–Kier alpha value is -0.116. The molecule has 6 heteroatoms. The molecule has 2 rings (SSSR count). The standard InChI is InChI=1S/C23H42O3SSi2/c1-22(2,3)28(7,8)24-17-20-19(26-29(9,10)23(4,5)6)16-21(25-20)27-18-14-12-11-13-15-18/h11-15,19-21H,16-17H2,1-10H3/t19-,20+,21?/m0/s1. The van der Waals surface area contributed by atoms with Crippen LogP contribution in [-0.4, -0.2) is 40.9 Å². The summed E-state index contributed by atoms with van der Waals surface area (Å²) in [4.78, 5) is 1.24. The lowest BCUT2D eigenvalue weighted by Gasteiger charge is -2.40. The van der Waals surface area contributed by atoms with Crippen molar-refractivity contribution in [3.05, 3.63) is 30.3 Å². The van der Waals surface area contributed by atoms with Gasteiger partial charge in [-0.2, -0.15) is 0 Å². The topological polar surface area (TPSA) is 27.7 Å². The minimum Gasteiger partial charge on any atom is -0.414 e. The van der Waals surface area contributed by atoms with E-state index in [4.69, 9.17) is 13.6 Å². The molecule has 0 aliphatic carbocycles. The molecule has 1 saturated heterocycles. The van der Waals surface area contributed by atoms with E-state index in [1.165, 1.54) is 4.90 Å². The molecule has 0 saturated carbocycles. The van der Waals surface area contributed by atoms with E-state index in [0.717, 1.165) is 6.42 Å². The van der Waals surface area contributed by atoms with Crippen LogP contribution in [0.4, 0.5) is 0 Å². The lowest BCUT2D eigenvalue weighted by molar-refractivity contribution is 0.00487. The predicted molar refractivity (Wildman–Crippen MR) is 131 cm³/mol. The lowest BCUT2D eigenvalue weighted by atomic mass is 10.2. The first-order valence-electron chi connectivity index (χ1n) is 10.8. The summed E-state index contributed by atoms with van der Waals surface area (Å²) in [5.74, 6) is 0. The van der Waals surface area contributed by atoms with Gasteiger partial charge in [-0.1, -0.05) is 71.5 Å². The molecule has 0 aromatic heterocycles. The molecule has 1 aliphatic heterocycles. The molecule has 3 atom stereocenters. The quantitative estimate of drug-likeness (QED) is 0.404. The van der Waals surface area contributed by atoms with Crippen molar-refractivity contribution in [3.8, 4) is 0 Å². The summed E-state index contributed by atoms with van der Waals surface area (Å²) in [5, 5.41) is 0.377. The van der Waals surface area contributed by atoms with Gasteiger partial charge < -0.3 is 13.6 Å². The molecule has 1 aliphatic rings. The van der Waals surface area contributed by atoms with Crippen molar-refractivity contribution in [2.75, 3.05) is 6.61 Å². The van der Waals surface area contributed by atoms with Crippen LogP contribution in [0.25, 0.3) is 0 Å². The molecule has 0 bridgehead atoms. The molecule has 0 radical (unpaired) electrons. The van der Waals surface area contributed by atoms with Gasteiger partial charge in [-0.25, -0.2) is 0 Å². The highest BCUT2D eigenvalue weighted by molar-refractivity contribution is 7.99. The Labute approximate surface area is 185 Å². The Bertz CT molecular complexity index is 650. The molecule has 1 aromatic carbocycles. The molecule has 1 heterocycles. The van der Waals surface area contributed by atoms with Crippen LogP contribution in [-0.2, 0) is 13.6 Å². The van der Waals surface area contributed by atoms with Gasteiger partial charge in [0.05, 0.1) is 12.7 Å². The second-order valence-electron chi connectivity index (χ2n) is 11.3.